The minimum atomic E-state index is -0.00382. The third kappa shape index (κ3) is 1.31. The molecular formula is C17H28O2. The maximum absolute atomic E-state index is 6.23. The predicted molar refractivity (Wildman–Crippen MR) is 74.7 cm³/mol. The third-order valence-corrected chi connectivity index (χ3v) is 7.47. The van der Waals surface area contributed by atoms with Crippen LogP contribution in [0.15, 0.2) is 0 Å². The summed E-state index contributed by atoms with van der Waals surface area (Å²) in [5.41, 5.74) is 1.33. The van der Waals surface area contributed by atoms with Crippen LogP contribution in [0.3, 0.4) is 0 Å². The maximum atomic E-state index is 6.23. The van der Waals surface area contributed by atoms with E-state index in [1.165, 1.54) is 25.7 Å². The average molecular weight is 264 g/mol. The highest BCUT2D eigenvalue weighted by Crippen LogP contribution is 2.76. The van der Waals surface area contributed by atoms with Crippen LogP contribution >= 0.6 is 0 Å². The molecule has 19 heavy (non-hydrogen) atoms. The highest BCUT2D eigenvalue weighted by atomic mass is 16.7. The van der Waals surface area contributed by atoms with Gasteiger partial charge in [-0.05, 0) is 60.7 Å². The Morgan fingerprint density at radius 1 is 1.00 bits per heavy atom. The Morgan fingerprint density at radius 3 is 2.47 bits per heavy atom. The molecule has 4 fully saturated rings. The Balaban J connectivity index is 1.83. The first kappa shape index (κ1) is 12.6. The SMILES string of the molecule is CC1OC2CC(C)(C)C34CCC(C3)C(C)(C)C4C2O1. The molecule has 1 aliphatic heterocycles. The van der Waals surface area contributed by atoms with Crippen molar-refractivity contribution in [2.45, 2.75) is 78.8 Å². The van der Waals surface area contributed by atoms with E-state index in [2.05, 4.69) is 34.6 Å². The van der Waals surface area contributed by atoms with Crippen LogP contribution in [0.25, 0.3) is 0 Å². The smallest absolute Gasteiger partial charge is 0.155 e. The summed E-state index contributed by atoms with van der Waals surface area (Å²) in [6, 6.07) is 0. The van der Waals surface area contributed by atoms with E-state index in [-0.39, 0.29) is 6.29 Å². The van der Waals surface area contributed by atoms with Gasteiger partial charge in [-0.15, -0.1) is 0 Å². The molecule has 0 radical (unpaired) electrons. The molecule has 2 heteroatoms. The molecule has 1 heterocycles. The summed E-state index contributed by atoms with van der Waals surface area (Å²) in [7, 11) is 0. The Labute approximate surface area is 117 Å². The summed E-state index contributed by atoms with van der Waals surface area (Å²) in [6.07, 6.45) is 6.14. The minimum absolute atomic E-state index is 0.00382. The first-order chi connectivity index (χ1) is 8.78. The van der Waals surface area contributed by atoms with Crippen LogP contribution in [-0.4, -0.2) is 18.5 Å². The zero-order chi connectivity index (χ0) is 13.6. The Hall–Kier alpha value is -0.0800. The van der Waals surface area contributed by atoms with Crippen LogP contribution in [0.5, 0.6) is 0 Å². The fourth-order valence-corrected chi connectivity index (χ4v) is 6.56. The zero-order valence-corrected chi connectivity index (χ0v) is 13.0. The van der Waals surface area contributed by atoms with Crippen LogP contribution in [0.2, 0.25) is 0 Å². The normalized spacial score (nSPS) is 57.0. The molecule has 6 atom stereocenters. The van der Waals surface area contributed by atoms with Gasteiger partial charge in [0.1, 0.15) is 0 Å². The van der Waals surface area contributed by atoms with Crippen molar-refractivity contribution in [1.29, 1.82) is 0 Å². The maximum Gasteiger partial charge on any atom is 0.155 e. The molecule has 0 N–H and O–H groups in total. The lowest BCUT2D eigenvalue weighted by Crippen LogP contribution is -2.58. The Bertz CT molecular complexity index is 413. The first-order valence-electron chi connectivity index (χ1n) is 8.09. The van der Waals surface area contributed by atoms with Crippen LogP contribution in [0.4, 0.5) is 0 Å². The lowest BCUT2D eigenvalue weighted by atomic mass is 9.47. The quantitative estimate of drug-likeness (QED) is 0.658. The topological polar surface area (TPSA) is 18.5 Å². The highest BCUT2D eigenvalue weighted by molar-refractivity contribution is 5.20. The van der Waals surface area contributed by atoms with Crippen LogP contribution < -0.4 is 0 Å². The van der Waals surface area contributed by atoms with Gasteiger partial charge in [-0.1, -0.05) is 27.7 Å². The summed E-state index contributed by atoms with van der Waals surface area (Å²) in [4.78, 5) is 0. The molecule has 0 amide bonds. The molecule has 0 aromatic carbocycles. The predicted octanol–water partition coefficient (Wildman–Crippen LogP) is 3.99. The van der Waals surface area contributed by atoms with Gasteiger partial charge in [0.15, 0.2) is 6.29 Å². The van der Waals surface area contributed by atoms with E-state index in [9.17, 15) is 0 Å². The molecule has 4 rings (SSSR count). The van der Waals surface area contributed by atoms with Gasteiger partial charge >= 0.3 is 0 Å². The van der Waals surface area contributed by atoms with Gasteiger partial charge in [-0.25, -0.2) is 0 Å². The second-order valence-electron chi connectivity index (χ2n) is 8.83. The lowest BCUT2D eigenvalue weighted by Gasteiger charge is -2.58. The molecule has 0 aromatic rings. The number of hydrogen-bond acceptors (Lipinski definition) is 2. The molecule has 1 spiro atoms. The first-order valence-corrected chi connectivity index (χ1v) is 8.09. The zero-order valence-electron chi connectivity index (χ0n) is 13.0. The average Bonchev–Trinajstić information content (AvgIpc) is 2.89. The summed E-state index contributed by atoms with van der Waals surface area (Å²) in [5, 5.41) is 0. The molecule has 3 aliphatic carbocycles. The molecule has 1 saturated heterocycles. The van der Waals surface area contributed by atoms with Gasteiger partial charge in [0.2, 0.25) is 0 Å². The van der Waals surface area contributed by atoms with Crippen molar-refractivity contribution in [2.24, 2.45) is 28.1 Å². The molecule has 3 saturated carbocycles. The van der Waals surface area contributed by atoms with Gasteiger partial charge in [-0.2, -0.15) is 0 Å². The standard InChI is InChI=1S/C17H28O2/c1-10-18-12-9-15(2,3)17-7-6-11(8-17)16(4,5)14(17)13(12)19-10/h10-14H,6-9H2,1-5H3. The Morgan fingerprint density at radius 2 is 1.74 bits per heavy atom. The van der Waals surface area contributed by atoms with E-state index in [1.807, 2.05) is 0 Å². The van der Waals surface area contributed by atoms with Crippen LogP contribution in [0.1, 0.15) is 60.3 Å². The molecule has 0 aromatic heterocycles. The molecular weight excluding hydrogens is 236 g/mol. The molecule has 4 aliphatic rings. The van der Waals surface area contributed by atoms with Gasteiger partial charge in [0.25, 0.3) is 0 Å². The molecule has 2 nitrogen and oxygen atoms in total. The Kier molecular flexibility index (Phi) is 2.25. The molecule has 2 bridgehead atoms. The number of ether oxygens (including phenoxy) is 2. The van der Waals surface area contributed by atoms with Crippen molar-refractivity contribution in [2.75, 3.05) is 0 Å². The second kappa shape index (κ2) is 3.39. The van der Waals surface area contributed by atoms with E-state index in [1.54, 1.807) is 0 Å². The monoisotopic (exact) mass is 264 g/mol. The van der Waals surface area contributed by atoms with Gasteiger partial charge in [0, 0.05) is 0 Å². The summed E-state index contributed by atoms with van der Waals surface area (Å²) in [5.74, 6) is 1.59. The van der Waals surface area contributed by atoms with Crippen molar-refractivity contribution in [1.82, 2.24) is 0 Å². The van der Waals surface area contributed by atoms with Crippen molar-refractivity contribution in [3.63, 3.8) is 0 Å². The van der Waals surface area contributed by atoms with Gasteiger partial charge in [0.05, 0.1) is 12.2 Å². The van der Waals surface area contributed by atoms with E-state index in [0.717, 1.165) is 5.92 Å². The van der Waals surface area contributed by atoms with E-state index < -0.39 is 0 Å². The van der Waals surface area contributed by atoms with E-state index in [0.29, 0.717) is 34.4 Å². The summed E-state index contributed by atoms with van der Waals surface area (Å²) in [6.45, 7) is 12.0. The van der Waals surface area contributed by atoms with Gasteiger partial charge in [-0.3, -0.25) is 0 Å². The van der Waals surface area contributed by atoms with Crippen molar-refractivity contribution >= 4 is 0 Å². The molecule has 6 unspecified atom stereocenters. The lowest BCUT2D eigenvalue weighted by molar-refractivity contribution is -0.146. The van der Waals surface area contributed by atoms with E-state index in [4.69, 9.17) is 9.47 Å². The second-order valence-corrected chi connectivity index (χ2v) is 8.83. The minimum Gasteiger partial charge on any atom is -0.347 e. The highest BCUT2D eigenvalue weighted by Gasteiger charge is 2.72. The number of fused-ring (bicyclic) bond motifs is 3. The van der Waals surface area contributed by atoms with Crippen LogP contribution in [-0.2, 0) is 9.47 Å². The van der Waals surface area contributed by atoms with Gasteiger partial charge < -0.3 is 9.47 Å². The molecule has 108 valence electrons. The van der Waals surface area contributed by atoms with E-state index >= 15 is 0 Å². The van der Waals surface area contributed by atoms with Crippen molar-refractivity contribution in [3.8, 4) is 0 Å². The third-order valence-electron chi connectivity index (χ3n) is 7.47. The number of hydrogen-bond donors (Lipinski definition) is 0. The number of rotatable bonds is 0. The largest absolute Gasteiger partial charge is 0.347 e. The van der Waals surface area contributed by atoms with Crippen molar-refractivity contribution in [3.05, 3.63) is 0 Å². The van der Waals surface area contributed by atoms with Crippen LogP contribution in [0, 0.1) is 28.1 Å². The fraction of sp³-hybridized carbons (Fsp3) is 1.00. The summed E-state index contributed by atoms with van der Waals surface area (Å²) >= 11 is 0. The summed E-state index contributed by atoms with van der Waals surface area (Å²) < 4.78 is 12.3. The fourth-order valence-electron chi connectivity index (χ4n) is 6.56. The van der Waals surface area contributed by atoms with Crippen molar-refractivity contribution < 1.29 is 9.47 Å².